The van der Waals surface area contributed by atoms with Gasteiger partial charge in [0.15, 0.2) is 0 Å². The van der Waals surface area contributed by atoms with Crippen molar-refractivity contribution in [3.05, 3.63) is 29.8 Å². The van der Waals surface area contributed by atoms with Crippen LogP contribution >= 0.6 is 0 Å². The minimum absolute atomic E-state index is 0.324. The molecule has 0 saturated heterocycles. The predicted molar refractivity (Wildman–Crippen MR) is 84.0 cm³/mol. The van der Waals surface area contributed by atoms with Crippen LogP contribution in [0.15, 0.2) is 24.3 Å². The van der Waals surface area contributed by atoms with Crippen LogP contribution in [0, 0.1) is 0 Å². The Bertz CT molecular complexity index is 408. The number of rotatable bonds is 6. The lowest BCUT2D eigenvalue weighted by Gasteiger charge is -2.38. The average molecular weight is 276 g/mol. The summed E-state index contributed by atoms with van der Waals surface area (Å²) >= 11 is 0. The second-order valence-corrected chi connectivity index (χ2v) is 6.26. The van der Waals surface area contributed by atoms with Gasteiger partial charge in [0.05, 0.1) is 0 Å². The van der Waals surface area contributed by atoms with Gasteiger partial charge in [0.1, 0.15) is 5.75 Å². The molecule has 0 radical (unpaired) electrons. The van der Waals surface area contributed by atoms with Crippen LogP contribution in [0.25, 0.3) is 0 Å². The minimum atomic E-state index is 0.324. The van der Waals surface area contributed by atoms with Crippen LogP contribution in [0.2, 0.25) is 0 Å². The molecule has 3 heteroatoms. The highest BCUT2D eigenvalue weighted by atomic mass is 16.3. The Morgan fingerprint density at radius 1 is 1.20 bits per heavy atom. The molecule has 0 spiro atoms. The highest BCUT2D eigenvalue weighted by Crippen LogP contribution is 2.34. The summed E-state index contributed by atoms with van der Waals surface area (Å²) in [7, 11) is 4.41. The highest BCUT2D eigenvalue weighted by Gasteiger charge is 2.35. The van der Waals surface area contributed by atoms with E-state index < -0.39 is 0 Å². The monoisotopic (exact) mass is 276 g/mol. The number of hydrogen-bond donors (Lipinski definition) is 2. The molecule has 0 bridgehead atoms. The van der Waals surface area contributed by atoms with E-state index in [2.05, 4.69) is 31.2 Å². The molecule has 1 aliphatic rings. The fourth-order valence-corrected chi connectivity index (χ4v) is 3.33. The van der Waals surface area contributed by atoms with E-state index in [-0.39, 0.29) is 0 Å². The molecular formula is C17H28N2O. The molecule has 1 atom stereocenters. The molecule has 1 unspecified atom stereocenters. The predicted octanol–water partition coefficient (Wildman–Crippen LogP) is 3.31. The third-order valence-electron chi connectivity index (χ3n) is 4.86. The SMILES string of the molecule is CCC(NCC1(N(C)C)CCCC1)c1ccc(O)cc1. The summed E-state index contributed by atoms with van der Waals surface area (Å²) in [6, 6.07) is 7.96. The van der Waals surface area contributed by atoms with Crippen molar-refractivity contribution in [3.8, 4) is 5.75 Å². The van der Waals surface area contributed by atoms with Gasteiger partial charge in [-0.15, -0.1) is 0 Å². The zero-order valence-electron chi connectivity index (χ0n) is 13.0. The lowest BCUT2D eigenvalue weighted by molar-refractivity contribution is 0.148. The van der Waals surface area contributed by atoms with Crippen molar-refractivity contribution in [2.24, 2.45) is 0 Å². The fraction of sp³-hybridized carbons (Fsp3) is 0.647. The summed E-state index contributed by atoms with van der Waals surface area (Å²) < 4.78 is 0. The number of phenols is 1. The Kier molecular flexibility index (Phi) is 5.06. The van der Waals surface area contributed by atoms with Gasteiger partial charge < -0.3 is 15.3 Å². The van der Waals surface area contributed by atoms with Gasteiger partial charge in [-0.3, -0.25) is 0 Å². The van der Waals surface area contributed by atoms with E-state index >= 15 is 0 Å². The molecule has 0 heterocycles. The summed E-state index contributed by atoms with van der Waals surface area (Å²) in [6.07, 6.45) is 6.33. The third kappa shape index (κ3) is 3.33. The van der Waals surface area contributed by atoms with Crippen molar-refractivity contribution in [2.75, 3.05) is 20.6 Å². The molecule has 2 rings (SSSR count). The quantitative estimate of drug-likeness (QED) is 0.837. The maximum absolute atomic E-state index is 9.40. The first kappa shape index (κ1) is 15.3. The van der Waals surface area contributed by atoms with Gasteiger partial charge >= 0.3 is 0 Å². The number of phenolic OH excluding ortho intramolecular Hbond substituents is 1. The van der Waals surface area contributed by atoms with Crippen molar-refractivity contribution in [2.45, 2.75) is 50.6 Å². The van der Waals surface area contributed by atoms with Crippen molar-refractivity contribution in [3.63, 3.8) is 0 Å². The highest BCUT2D eigenvalue weighted by molar-refractivity contribution is 5.28. The van der Waals surface area contributed by atoms with E-state index in [1.807, 2.05) is 12.1 Å². The summed E-state index contributed by atoms with van der Waals surface area (Å²) in [6.45, 7) is 3.25. The van der Waals surface area contributed by atoms with E-state index in [0.717, 1.165) is 13.0 Å². The zero-order valence-corrected chi connectivity index (χ0v) is 13.0. The van der Waals surface area contributed by atoms with Gasteiger partial charge in [-0.05, 0) is 51.1 Å². The summed E-state index contributed by atoms with van der Waals surface area (Å²) in [4.78, 5) is 2.40. The molecule has 1 saturated carbocycles. The van der Waals surface area contributed by atoms with Crippen LogP contribution in [-0.2, 0) is 0 Å². The van der Waals surface area contributed by atoms with Gasteiger partial charge in [0.25, 0.3) is 0 Å². The molecule has 0 amide bonds. The molecule has 1 aromatic rings. The Hall–Kier alpha value is -1.06. The van der Waals surface area contributed by atoms with E-state index in [1.54, 1.807) is 12.1 Å². The van der Waals surface area contributed by atoms with Crippen molar-refractivity contribution < 1.29 is 5.11 Å². The Labute approximate surface area is 123 Å². The standard InChI is InChI=1S/C17H28N2O/c1-4-16(14-7-9-15(20)10-8-14)18-13-17(19(2)3)11-5-6-12-17/h7-10,16,18,20H,4-6,11-13H2,1-3H3. The second-order valence-electron chi connectivity index (χ2n) is 6.26. The van der Waals surface area contributed by atoms with Gasteiger partial charge in [-0.1, -0.05) is 31.9 Å². The fourth-order valence-electron chi connectivity index (χ4n) is 3.33. The molecular weight excluding hydrogens is 248 g/mol. The molecule has 2 N–H and O–H groups in total. The molecule has 1 fully saturated rings. The van der Waals surface area contributed by atoms with Gasteiger partial charge in [-0.2, -0.15) is 0 Å². The number of nitrogens with one attached hydrogen (secondary N) is 1. The molecule has 112 valence electrons. The minimum Gasteiger partial charge on any atom is -0.508 e. The van der Waals surface area contributed by atoms with Crippen LogP contribution in [-0.4, -0.2) is 36.2 Å². The largest absolute Gasteiger partial charge is 0.508 e. The average Bonchev–Trinajstić information content (AvgIpc) is 2.91. The summed E-state index contributed by atoms with van der Waals surface area (Å²) in [5.74, 6) is 0.337. The number of benzene rings is 1. The molecule has 0 aliphatic heterocycles. The first-order valence-electron chi connectivity index (χ1n) is 7.77. The van der Waals surface area contributed by atoms with Crippen LogP contribution in [0.3, 0.4) is 0 Å². The third-order valence-corrected chi connectivity index (χ3v) is 4.86. The smallest absolute Gasteiger partial charge is 0.115 e. The molecule has 1 aliphatic carbocycles. The summed E-state index contributed by atoms with van der Waals surface area (Å²) in [5.41, 5.74) is 1.59. The molecule has 0 aromatic heterocycles. The van der Waals surface area contributed by atoms with Crippen molar-refractivity contribution in [1.82, 2.24) is 10.2 Å². The topological polar surface area (TPSA) is 35.5 Å². The van der Waals surface area contributed by atoms with Crippen LogP contribution in [0.5, 0.6) is 5.75 Å². The van der Waals surface area contributed by atoms with Crippen molar-refractivity contribution in [1.29, 1.82) is 0 Å². The van der Waals surface area contributed by atoms with Crippen LogP contribution in [0.4, 0.5) is 0 Å². The number of aromatic hydroxyl groups is 1. The Morgan fingerprint density at radius 3 is 2.30 bits per heavy atom. The van der Waals surface area contributed by atoms with Gasteiger partial charge in [0.2, 0.25) is 0 Å². The van der Waals surface area contributed by atoms with E-state index in [0.29, 0.717) is 17.3 Å². The lowest BCUT2D eigenvalue weighted by atomic mass is 9.94. The zero-order chi connectivity index (χ0) is 14.6. The van der Waals surface area contributed by atoms with E-state index in [4.69, 9.17) is 0 Å². The maximum Gasteiger partial charge on any atom is 0.115 e. The number of nitrogens with zero attached hydrogens (tertiary/aromatic N) is 1. The first-order chi connectivity index (χ1) is 9.57. The molecule has 1 aromatic carbocycles. The maximum atomic E-state index is 9.40. The van der Waals surface area contributed by atoms with Crippen LogP contribution in [0.1, 0.15) is 50.6 Å². The number of likely N-dealkylation sites (N-methyl/N-ethyl adjacent to an activating group) is 1. The second kappa shape index (κ2) is 6.59. The van der Waals surface area contributed by atoms with E-state index in [1.165, 1.54) is 31.2 Å². The Morgan fingerprint density at radius 2 is 1.80 bits per heavy atom. The normalized spacial score (nSPS) is 19.4. The van der Waals surface area contributed by atoms with Crippen LogP contribution < -0.4 is 5.32 Å². The van der Waals surface area contributed by atoms with Gasteiger partial charge in [0, 0.05) is 18.1 Å². The lowest BCUT2D eigenvalue weighted by Crippen LogP contribution is -2.50. The Balaban J connectivity index is 2.01. The summed E-state index contributed by atoms with van der Waals surface area (Å²) in [5, 5.41) is 13.1. The van der Waals surface area contributed by atoms with Gasteiger partial charge in [-0.25, -0.2) is 0 Å². The first-order valence-corrected chi connectivity index (χ1v) is 7.77. The molecule has 20 heavy (non-hydrogen) atoms. The van der Waals surface area contributed by atoms with Crippen molar-refractivity contribution >= 4 is 0 Å². The molecule has 3 nitrogen and oxygen atoms in total. The number of hydrogen-bond acceptors (Lipinski definition) is 3. The van der Waals surface area contributed by atoms with E-state index in [9.17, 15) is 5.11 Å².